The van der Waals surface area contributed by atoms with E-state index in [1.807, 2.05) is 12.3 Å². The third kappa shape index (κ3) is 3.94. The smallest absolute Gasteiger partial charge is 0.247 e. The zero-order valence-corrected chi connectivity index (χ0v) is 9.38. The number of hydrogen-bond donors (Lipinski definition) is 3. The second-order valence-corrected chi connectivity index (χ2v) is 4.08. The molecular weight excluding hydrogens is 214 g/mol. The number of primary amides is 1. The lowest BCUT2D eigenvalue weighted by Crippen LogP contribution is -2.37. The molecule has 0 fully saturated rings. The van der Waals surface area contributed by atoms with E-state index in [9.17, 15) is 4.79 Å². The van der Waals surface area contributed by atoms with Crippen molar-refractivity contribution in [3.8, 4) is 0 Å². The first-order chi connectivity index (χ1) is 7.13. The highest BCUT2D eigenvalue weighted by molar-refractivity contribution is 7.09. The van der Waals surface area contributed by atoms with Crippen LogP contribution in [0.1, 0.15) is 17.6 Å². The summed E-state index contributed by atoms with van der Waals surface area (Å²) < 4.78 is 0. The standard InChI is InChI=1S/C9H15N3O2S/c1-2-8-12-6(5-15-8)3-11-4-7(13)9(10)14/h5,7,11,13H,2-4H2,1H3,(H2,10,14). The van der Waals surface area contributed by atoms with Crippen LogP contribution in [0.25, 0.3) is 0 Å². The Morgan fingerprint density at radius 2 is 2.53 bits per heavy atom. The predicted octanol–water partition coefficient (Wildman–Crippen LogP) is -0.359. The van der Waals surface area contributed by atoms with Crippen LogP contribution in [0.3, 0.4) is 0 Å². The number of carbonyl (C=O) groups is 1. The Hall–Kier alpha value is -0.980. The van der Waals surface area contributed by atoms with Gasteiger partial charge in [-0.1, -0.05) is 6.92 Å². The molecule has 15 heavy (non-hydrogen) atoms. The second kappa shape index (κ2) is 5.79. The number of aromatic nitrogens is 1. The van der Waals surface area contributed by atoms with Crippen LogP contribution in [0.5, 0.6) is 0 Å². The van der Waals surface area contributed by atoms with E-state index >= 15 is 0 Å². The van der Waals surface area contributed by atoms with Crippen LogP contribution in [0.15, 0.2) is 5.38 Å². The number of rotatable bonds is 6. The van der Waals surface area contributed by atoms with Gasteiger partial charge >= 0.3 is 0 Å². The van der Waals surface area contributed by atoms with Gasteiger partial charge in [0.2, 0.25) is 5.91 Å². The van der Waals surface area contributed by atoms with Crippen molar-refractivity contribution in [2.75, 3.05) is 6.54 Å². The van der Waals surface area contributed by atoms with E-state index in [4.69, 9.17) is 10.8 Å². The maximum Gasteiger partial charge on any atom is 0.247 e. The monoisotopic (exact) mass is 229 g/mol. The highest BCUT2D eigenvalue weighted by Gasteiger charge is 2.09. The molecule has 1 amide bonds. The maximum atomic E-state index is 10.5. The number of aliphatic hydroxyl groups excluding tert-OH is 1. The topological polar surface area (TPSA) is 88.2 Å². The van der Waals surface area contributed by atoms with Crippen molar-refractivity contribution in [1.29, 1.82) is 0 Å². The summed E-state index contributed by atoms with van der Waals surface area (Å²) in [7, 11) is 0. The highest BCUT2D eigenvalue weighted by Crippen LogP contribution is 2.09. The molecule has 0 aliphatic rings. The fourth-order valence-corrected chi connectivity index (χ4v) is 1.77. The number of amides is 1. The van der Waals surface area contributed by atoms with E-state index in [1.54, 1.807) is 11.3 Å². The lowest BCUT2D eigenvalue weighted by molar-refractivity contribution is -0.125. The number of nitrogens with one attached hydrogen (secondary N) is 1. The normalized spacial score (nSPS) is 12.7. The van der Waals surface area contributed by atoms with Gasteiger partial charge in [0.05, 0.1) is 10.7 Å². The Balaban J connectivity index is 2.28. The minimum atomic E-state index is -1.13. The van der Waals surface area contributed by atoms with E-state index in [0.29, 0.717) is 6.54 Å². The molecule has 4 N–H and O–H groups in total. The van der Waals surface area contributed by atoms with Crippen molar-refractivity contribution in [2.45, 2.75) is 26.0 Å². The molecular formula is C9H15N3O2S. The average molecular weight is 229 g/mol. The molecule has 0 radical (unpaired) electrons. The van der Waals surface area contributed by atoms with Crippen LogP contribution >= 0.6 is 11.3 Å². The SMILES string of the molecule is CCc1nc(CNCC(O)C(N)=O)cs1. The fourth-order valence-electron chi connectivity index (χ4n) is 1.03. The number of hydrogen-bond acceptors (Lipinski definition) is 5. The number of nitrogens with two attached hydrogens (primary N) is 1. The van der Waals surface area contributed by atoms with Gasteiger partial charge in [0.1, 0.15) is 6.10 Å². The summed E-state index contributed by atoms with van der Waals surface area (Å²) in [5, 5.41) is 15.1. The molecule has 1 rings (SSSR count). The number of aryl methyl sites for hydroxylation is 1. The van der Waals surface area contributed by atoms with Gasteiger partial charge in [-0.15, -0.1) is 11.3 Å². The van der Waals surface area contributed by atoms with Gasteiger partial charge in [-0.25, -0.2) is 4.98 Å². The van der Waals surface area contributed by atoms with Gasteiger partial charge in [0, 0.05) is 18.5 Å². The van der Waals surface area contributed by atoms with Gasteiger partial charge in [0.25, 0.3) is 0 Å². The minimum absolute atomic E-state index is 0.161. The Labute approximate surface area is 92.3 Å². The molecule has 1 atom stereocenters. The third-order valence-electron chi connectivity index (χ3n) is 1.87. The summed E-state index contributed by atoms with van der Waals surface area (Å²) in [6.45, 7) is 2.75. The number of carbonyl (C=O) groups excluding carboxylic acids is 1. The van der Waals surface area contributed by atoms with E-state index in [1.165, 1.54) is 0 Å². The first kappa shape index (κ1) is 12.1. The molecule has 1 heterocycles. The van der Waals surface area contributed by atoms with Gasteiger partial charge in [-0.3, -0.25) is 4.79 Å². The van der Waals surface area contributed by atoms with Crippen LogP contribution in [-0.2, 0) is 17.8 Å². The van der Waals surface area contributed by atoms with Crippen molar-refractivity contribution in [1.82, 2.24) is 10.3 Å². The fraction of sp³-hybridized carbons (Fsp3) is 0.556. The Kier molecular flexibility index (Phi) is 4.67. The van der Waals surface area contributed by atoms with Crippen molar-refractivity contribution in [2.24, 2.45) is 5.73 Å². The number of aliphatic hydroxyl groups is 1. The van der Waals surface area contributed by atoms with Crippen molar-refractivity contribution in [3.05, 3.63) is 16.1 Å². The molecule has 84 valence electrons. The second-order valence-electron chi connectivity index (χ2n) is 3.14. The molecule has 0 saturated carbocycles. The van der Waals surface area contributed by atoms with Crippen molar-refractivity contribution in [3.63, 3.8) is 0 Å². The molecule has 1 unspecified atom stereocenters. The molecule has 0 bridgehead atoms. The molecule has 1 aromatic heterocycles. The van der Waals surface area contributed by atoms with Gasteiger partial charge in [0.15, 0.2) is 0 Å². The number of nitrogens with zero attached hydrogens (tertiary/aromatic N) is 1. The summed E-state index contributed by atoms with van der Waals surface area (Å²) >= 11 is 1.61. The summed E-state index contributed by atoms with van der Waals surface area (Å²) in [5.41, 5.74) is 5.82. The van der Waals surface area contributed by atoms with Crippen LogP contribution < -0.4 is 11.1 Å². The summed E-state index contributed by atoms with van der Waals surface area (Å²) in [5.74, 6) is -0.713. The van der Waals surface area contributed by atoms with Crippen molar-refractivity contribution >= 4 is 17.2 Å². The molecule has 6 heteroatoms. The maximum absolute atomic E-state index is 10.5. The molecule has 0 aromatic carbocycles. The summed E-state index contributed by atoms with van der Waals surface area (Å²) in [6, 6.07) is 0. The van der Waals surface area contributed by atoms with Crippen molar-refractivity contribution < 1.29 is 9.90 Å². The van der Waals surface area contributed by atoms with Gasteiger partial charge in [-0.05, 0) is 6.42 Å². The zero-order valence-electron chi connectivity index (χ0n) is 8.56. The van der Waals surface area contributed by atoms with E-state index in [0.717, 1.165) is 17.1 Å². The summed E-state index contributed by atoms with van der Waals surface area (Å²) in [4.78, 5) is 14.8. The van der Waals surface area contributed by atoms with E-state index in [-0.39, 0.29) is 6.54 Å². The van der Waals surface area contributed by atoms with E-state index in [2.05, 4.69) is 10.3 Å². The first-order valence-corrected chi connectivity index (χ1v) is 5.62. The van der Waals surface area contributed by atoms with Crippen LogP contribution in [0.2, 0.25) is 0 Å². The quantitative estimate of drug-likeness (QED) is 0.621. The van der Waals surface area contributed by atoms with Crippen LogP contribution in [0.4, 0.5) is 0 Å². The molecule has 0 saturated heterocycles. The lowest BCUT2D eigenvalue weighted by atomic mass is 10.3. The molecule has 5 nitrogen and oxygen atoms in total. The first-order valence-electron chi connectivity index (χ1n) is 4.74. The largest absolute Gasteiger partial charge is 0.382 e. The lowest BCUT2D eigenvalue weighted by Gasteiger charge is -2.06. The highest BCUT2D eigenvalue weighted by atomic mass is 32.1. The van der Waals surface area contributed by atoms with Crippen LogP contribution in [0, 0.1) is 0 Å². The Bertz CT molecular complexity index is 327. The minimum Gasteiger partial charge on any atom is -0.382 e. The van der Waals surface area contributed by atoms with Gasteiger partial charge < -0.3 is 16.2 Å². The molecule has 0 aliphatic carbocycles. The molecule has 1 aromatic rings. The zero-order chi connectivity index (χ0) is 11.3. The van der Waals surface area contributed by atoms with Crippen LogP contribution in [-0.4, -0.2) is 28.6 Å². The Morgan fingerprint density at radius 3 is 3.07 bits per heavy atom. The average Bonchev–Trinajstić information content (AvgIpc) is 2.65. The third-order valence-corrected chi connectivity index (χ3v) is 2.92. The van der Waals surface area contributed by atoms with Gasteiger partial charge in [-0.2, -0.15) is 0 Å². The summed E-state index contributed by atoms with van der Waals surface area (Å²) in [6.07, 6.45) is -0.205. The molecule has 0 spiro atoms. The Morgan fingerprint density at radius 1 is 1.80 bits per heavy atom. The molecule has 0 aliphatic heterocycles. The predicted molar refractivity (Wildman–Crippen MR) is 58.4 cm³/mol. The van der Waals surface area contributed by atoms with E-state index < -0.39 is 12.0 Å². The number of thiazole rings is 1.